The van der Waals surface area contributed by atoms with E-state index in [-0.39, 0.29) is 18.1 Å². The molecule has 1 aromatic carbocycles. The average molecular weight is 269 g/mol. The van der Waals surface area contributed by atoms with E-state index in [0.717, 1.165) is 11.5 Å². The van der Waals surface area contributed by atoms with Crippen molar-refractivity contribution in [1.82, 2.24) is 0 Å². The summed E-state index contributed by atoms with van der Waals surface area (Å²) in [5.41, 5.74) is 2.42. The molecule has 3 nitrogen and oxygen atoms in total. The largest absolute Gasteiger partial charge is 0.478 e. The first-order chi connectivity index (χ1) is 9.79. The first-order valence-electron chi connectivity index (χ1n) is 6.93. The van der Waals surface area contributed by atoms with Gasteiger partial charge in [0.25, 0.3) is 0 Å². The Hall–Kier alpha value is -1.87. The minimum Gasteiger partial charge on any atom is -0.478 e. The van der Waals surface area contributed by atoms with E-state index in [2.05, 4.69) is 37.3 Å². The lowest BCUT2D eigenvalue weighted by molar-refractivity contribution is 0.0716. The molecule has 1 aliphatic heterocycles. The monoisotopic (exact) mass is 269 g/mol. The SMILES string of the molecule is CO[C@@H](c1ccccc1)[C@@H]1COC(C2C=CC=C2C)=N1. The van der Waals surface area contributed by atoms with Gasteiger partial charge in [-0.25, -0.2) is 4.99 Å². The fourth-order valence-corrected chi connectivity index (χ4v) is 2.74. The molecule has 0 aromatic heterocycles. The summed E-state index contributed by atoms with van der Waals surface area (Å²) in [6.45, 7) is 2.69. The van der Waals surface area contributed by atoms with Crippen LogP contribution >= 0.6 is 0 Å². The number of hydrogen-bond acceptors (Lipinski definition) is 3. The van der Waals surface area contributed by atoms with E-state index in [0.29, 0.717) is 6.61 Å². The van der Waals surface area contributed by atoms with Gasteiger partial charge in [0.1, 0.15) is 18.8 Å². The van der Waals surface area contributed by atoms with Gasteiger partial charge in [-0.05, 0) is 12.5 Å². The Balaban J connectivity index is 1.80. The van der Waals surface area contributed by atoms with Crippen LogP contribution < -0.4 is 0 Å². The minimum atomic E-state index is -0.0524. The van der Waals surface area contributed by atoms with E-state index < -0.39 is 0 Å². The van der Waals surface area contributed by atoms with Crippen LogP contribution in [-0.2, 0) is 9.47 Å². The Labute approximate surface area is 119 Å². The highest BCUT2D eigenvalue weighted by atomic mass is 16.5. The third kappa shape index (κ3) is 2.41. The van der Waals surface area contributed by atoms with Crippen LogP contribution in [0.5, 0.6) is 0 Å². The van der Waals surface area contributed by atoms with E-state index in [1.807, 2.05) is 18.2 Å². The summed E-state index contributed by atoms with van der Waals surface area (Å²) in [6, 6.07) is 10.2. The highest BCUT2D eigenvalue weighted by molar-refractivity contribution is 5.85. The second-order valence-electron chi connectivity index (χ2n) is 5.19. The van der Waals surface area contributed by atoms with Crippen LogP contribution in [0, 0.1) is 5.92 Å². The second-order valence-corrected chi connectivity index (χ2v) is 5.19. The predicted octanol–water partition coefficient (Wildman–Crippen LogP) is 3.30. The van der Waals surface area contributed by atoms with Crippen molar-refractivity contribution < 1.29 is 9.47 Å². The highest BCUT2D eigenvalue weighted by Gasteiger charge is 2.32. The maximum absolute atomic E-state index is 5.80. The molecular weight excluding hydrogens is 250 g/mol. The fraction of sp³-hybridized carbons (Fsp3) is 0.353. The van der Waals surface area contributed by atoms with Crippen LogP contribution in [0.2, 0.25) is 0 Å². The van der Waals surface area contributed by atoms with Crippen LogP contribution in [0.3, 0.4) is 0 Å². The van der Waals surface area contributed by atoms with Gasteiger partial charge in [-0.2, -0.15) is 0 Å². The molecular formula is C17H19NO2. The van der Waals surface area contributed by atoms with Gasteiger partial charge in [-0.15, -0.1) is 0 Å². The van der Waals surface area contributed by atoms with Gasteiger partial charge >= 0.3 is 0 Å². The highest BCUT2D eigenvalue weighted by Crippen LogP contribution is 2.30. The Morgan fingerprint density at radius 1 is 1.30 bits per heavy atom. The molecule has 0 saturated heterocycles. The molecule has 2 aliphatic rings. The molecule has 20 heavy (non-hydrogen) atoms. The number of methoxy groups -OCH3 is 1. The lowest BCUT2D eigenvalue weighted by Crippen LogP contribution is -2.19. The predicted molar refractivity (Wildman–Crippen MR) is 79.8 cm³/mol. The van der Waals surface area contributed by atoms with Crippen molar-refractivity contribution in [2.45, 2.75) is 19.1 Å². The first-order valence-corrected chi connectivity index (χ1v) is 6.93. The normalized spacial score (nSPS) is 26.1. The van der Waals surface area contributed by atoms with E-state index in [1.165, 1.54) is 5.57 Å². The molecule has 0 radical (unpaired) electrons. The van der Waals surface area contributed by atoms with E-state index >= 15 is 0 Å². The van der Waals surface area contributed by atoms with Crippen LogP contribution in [0.25, 0.3) is 0 Å². The van der Waals surface area contributed by atoms with Gasteiger partial charge in [0.15, 0.2) is 5.90 Å². The van der Waals surface area contributed by atoms with Crippen molar-refractivity contribution >= 4 is 5.90 Å². The standard InChI is InChI=1S/C17H19NO2/c1-12-7-6-10-14(12)17-18-15(11-20-17)16(19-2)13-8-4-3-5-9-13/h3-10,14-16H,11H2,1-2H3/t14?,15-,16-/m0/s1. The maximum atomic E-state index is 5.80. The third-order valence-corrected chi connectivity index (χ3v) is 3.85. The van der Waals surface area contributed by atoms with E-state index in [9.17, 15) is 0 Å². The van der Waals surface area contributed by atoms with Crippen molar-refractivity contribution in [3.8, 4) is 0 Å². The number of ether oxygens (including phenoxy) is 2. The quantitative estimate of drug-likeness (QED) is 0.839. The summed E-state index contributed by atoms with van der Waals surface area (Å²) in [5.74, 6) is 1.02. The summed E-state index contributed by atoms with van der Waals surface area (Å²) < 4.78 is 11.4. The Morgan fingerprint density at radius 3 is 2.75 bits per heavy atom. The van der Waals surface area contributed by atoms with Crippen LogP contribution in [0.4, 0.5) is 0 Å². The summed E-state index contributed by atoms with van der Waals surface area (Å²) >= 11 is 0. The van der Waals surface area contributed by atoms with Gasteiger partial charge < -0.3 is 9.47 Å². The molecule has 104 valence electrons. The van der Waals surface area contributed by atoms with Crippen LogP contribution in [-0.4, -0.2) is 25.7 Å². The number of benzene rings is 1. The number of nitrogens with zero attached hydrogens (tertiary/aromatic N) is 1. The molecule has 3 atom stereocenters. The summed E-state index contributed by atoms with van der Waals surface area (Å²) in [5, 5.41) is 0. The summed E-state index contributed by atoms with van der Waals surface area (Å²) in [6.07, 6.45) is 6.24. The van der Waals surface area contributed by atoms with Crippen LogP contribution in [0.15, 0.2) is 59.1 Å². The van der Waals surface area contributed by atoms with Crippen LogP contribution in [0.1, 0.15) is 18.6 Å². The Bertz CT molecular complexity index is 560. The summed E-state index contributed by atoms with van der Waals surface area (Å²) in [7, 11) is 1.73. The zero-order chi connectivity index (χ0) is 13.9. The Kier molecular flexibility index (Phi) is 3.70. The molecule has 1 aliphatic carbocycles. The van der Waals surface area contributed by atoms with Crippen molar-refractivity contribution in [1.29, 1.82) is 0 Å². The molecule has 1 aromatic rings. The lowest BCUT2D eigenvalue weighted by atomic mass is 10.0. The fourth-order valence-electron chi connectivity index (χ4n) is 2.74. The Morgan fingerprint density at radius 2 is 2.10 bits per heavy atom. The third-order valence-electron chi connectivity index (χ3n) is 3.85. The lowest BCUT2D eigenvalue weighted by Gasteiger charge is -2.18. The van der Waals surface area contributed by atoms with Gasteiger partial charge in [-0.3, -0.25) is 0 Å². The molecule has 0 amide bonds. The molecule has 3 heteroatoms. The van der Waals surface area contributed by atoms with Crippen molar-refractivity contribution in [2.75, 3.05) is 13.7 Å². The topological polar surface area (TPSA) is 30.8 Å². The number of aliphatic imine (C=N–C) groups is 1. The molecule has 1 heterocycles. The zero-order valence-electron chi connectivity index (χ0n) is 11.8. The molecule has 0 saturated carbocycles. The average Bonchev–Trinajstić information content (AvgIpc) is 3.10. The smallest absolute Gasteiger partial charge is 0.195 e. The maximum Gasteiger partial charge on any atom is 0.195 e. The zero-order valence-corrected chi connectivity index (χ0v) is 11.8. The molecule has 0 fully saturated rings. The minimum absolute atomic E-state index is 0.0270. The first kappa shape index (κ1) is 13.1. The summed E-state index contributed by atoms with van der Waals surface area (Å²) in [4.78, 5) is 4.75. The number of allylic oxidation sites excluding steroid dienone is 2. The van der Waals surface area contributed by atoms with E-state index in [4.69, 9.17) is 14.5 Å². The molecule has 1 unspecified atom stereocenters. The molecule has 0 bridgehead atoms. The van der Waals surface area contributed by atoms with Gasteiger partial charge in [0, 0.05) is 7.11 Å². The molecule has 0 spiro atoms. The number of hydrogen-bond donors (Lipinski definition) is 0. The van der Waals surface area contributed by atoms with Crippen molar-refractivity contribution in [3.05, 3.63) is 59.7 Å². The second kappa shape index (κ2) is 5.63. The van der Waals surface area contributed by atoms with Gasteiger partial charge in [0.2, 0.25) is 0 Å². The molecule has 3 rings (SSSR count). The van der Waals surface area contributed by atoms with E-state index in [1.54, 1.807) is 7.11 Å². The van der Waals surface area contributed by atoms with Gasteiger partial charge in [-0.1, -0.05) is 54.1 Å². The van der Waals surface area contributed by atoms with Crippen molar-refractivity contribution in [2.24, 2.45) is 10.9 Å². The van der Waals surface area contributed by atoms with Gasteiger partial charge in [0.05, 0.1) is 5.92 Å². The molecule has 0 N–H and O–H groups in total. The van der Waals surface area contributed by atoms with Crippen molar-refractivity contribution in [3.63, 3.8) is 0 Å². The number of rotatable bonds is 4.